The van der Waals surface area contributed by atoms with Crippen molar-refractivity contribution < 1.29 is 4.79 Å². The number of hydrogen-bond donors (Lipinski definition) is 2. The standard InChI is InChI=1S/C8H13N3O/c9-8(12)11-10-7-4-5-2-1-3-6(5)7/h5-6H,1-4H2,(H3,9,11,12). The summed E-state index contributed by atoms with van der Waals surface area (Å²) in [6, 6.07) is -0.566. The largest absolute Gasteiger partial charge is 0.350 e. The van der Waals surface area contributed by atoms with Gasteiger partial charge in [0, 0.05) is 11.6 Å². The number of carbonyl (C=O) groups is 1. The van der Waals surface area contributed by atoms with Gasteiger partial charge in [0.05, 0.1) is 0 Å². The molecule has 2 fully saturated rings. The van der Waals surface area contributed by atoms with Gasteiger partial charge >= 0.3 is 6.03 Å². The molecule has 66 valence electrons. The Morgan fingerprint density at radius 1 is 1.58 bits per heavy atom. The summed E-state index contributed by atoms with van der Waals surface area (Å²) < 4.78 is 0. The molecule has 12 heavy (non-hydrogen) atoms. The predicted octanol–water partition coefficient (Wildman–Crippen LogP) is 0.831. The Bertz CT molecular complexity index is 236. The zero-order valence-corrected chi connectivity index (χ0v) is 6.92. The van der Waals surface area contributed by atoms with Crippen LogP contribution in [-0.2, 0) is 0 Å². The smallest absolute Gasteiger partial charge is 0.332 e. The summed E-state index contributed by atoms with van der Waals surface area (Å²) in [7, 11) is 0. The van der Waals surface area contributed by atoms with Crippen molar-refractivity contribution in [3.63, 3.8) is 0 Å². The van der Waals surface area contributed by atoms with Crippen molar-refractivity contribution in [1.29, 1.82) is 0 Å². The lowest BCUT2D eigenvalue weighted by Gasteiger charge is -2.31. The van der Waals surface area contributed by atoms with Gasteiger partial charge in [0.2, 0.25) is 0 Å². The van der Waals surface area contributed by atoms with Crippen molar-refractivity contribution in [1.82, 2.24) is 5.43 Å². The van der Waals surface area contributed by atoms with Crippen molar-refractivity contribution in [2.45, 2.75) is 25.7 Å². The monoisotopic (exact) mass is 167 g/mol. The first-order valence-electron chi connectivity index (χ1n) is 4.39. The molecule has 0 radical (unpaired) electrons. The minimum atomic E-state index is -0.566. The van der Waals surface area contributed by atoms with Gasteiger partial charge in [-0.3, -0.25) is 0 Å². The van der Waals surface area contributed by atoms with E-state index in [4.69, 9.17) is 5.73 Å². The minimum absolute atomic E-state index is 0.566. The van der Waals surface area contributed by atoms with Crippen LogP contribution in [0.3, 0.4) is 0 Å². The average Bonchev–Trinajstić information content (AvgIpc) is 2.32. The molecule has 0 aromatic carbocycles. The molecule has 2 rings (SSSR count). The Hall–Kier alpha value is -1.06. The Labute approximate surface area is 71.2 Å². The van der Waals surface area contributed by atoms with Gasteiger partial charge in [-0.2, -0.15) is 5.10 Å². The third-order valence-electron chi connectivity index (χ3n) is 2.87. The molecule has 3 N–H and O–H groups in total. The maximum absolute atomic E-state index is 10.3. The first-order chi connectivity index (χ1) is 5.77. The zero-order valence-electron chi connectivity index (χ0n) is 6.92. The summed E-state index contributed by atoms with van der Waals surface area (Å²) in [6.45, 7) is 0. The summed E-state index contributed by atoms with van der Waals surface area (Å²) in [4.78, 5) is 10.3. The van der Waals surface area contributed by atoms with Gasteiger partial charge < -0.3 is 5.73 Å². The maximum atomic E-state index is 10.3. The highest BCUT2D eigenvalue weighted by Crippen LogP contribution is 2.44. The highest BCUT2D eigenvalue weighted by atomic mass is 16.2. The molecule has 2 atom stereocenters. The van der Waals surface area contributed by atoms with Crippen LogP contribution >= 0.6 is 0 Å². The van der Waals surface area contributed by atoms with Crippen molar-refractivity contribution in [3.8, 4) is 0 Å². The van der Waals surface area contributed by atoms with Crippen molar-refractivity contribution in [2.75, 3.05) is 0 Å². The maximum Gasteiger partial charge on any atom is 0.332 e. The molecule has 2 unspecified atom stereocenters. The summed E-state index contributed by atoms with van der Waals surface area (Å²) in [5.74, 6) is 1.50. The molecule has 0 spiro atoms. The second-order valence-corrected chi connectivity index (χ2v) is 3.58. The predicted molar refractivity (Wildman–Crippen MR) is 45.6 cm³/mol. The molecule has 0 aliphatic heterocycles. The highest BCUT2D eigenvalue weighted by molar-refractivity contribution is 5.93. The SMILES string of the molecule is NC(=O)NN=C1CC2CCCC12. The number of nitrogens with two attached hydrogens (primary N) is 1. The highest BCUT2D eigenvalue weighted by Gasteiger charge is 2.40. The van der Waals surface area contributed by atoms with Gasteiger partial charge in [0.25, 0.3) is 0 Å². The molecule has 0 saturated heterocycles. The second-order valence-electron chi connectivity index (χ2n) is 3.58. The molecule has 2 amide bonds. The van der Waals surface area contributed by atoms with Crippen LogP contribution in [-0.4, -0.2) is 11.7 Å². The fraction of sp³-hybridized carbons (Fsp3) is 0.750. The van der Waals surface area contributed by atoms with E-state index in [0.29, 0.717) is 5.92 Å². The van der Waals surface area contributed by atoms with Crippen LogP contribution in [0.25, 0.3) is 0 Å². The van der Waals surface area contributed by atoms with E-state index in [-0.39, 0.29) is 0 Å². The Morgan fingerprint density at radius 3 is 3.08 bits per heavy atom. The lowest BCUT2D eigenvalue weighted by molar-refractivity contribution is 0.249. The summed E-state index contributed by atoms with van der Waals surface area (Å²) in [6.07, 6.45) is 4.94. The molecule has 0 aromatic heterocycles. The quantitative estimate of drug-likeness (QED) is 0.558. The van der Waals surface area contributed by atoms with Crippen LogP contribution in [0.5, 0.6) is 0 Å². The second kappa shape index (κ2) is 2.77. The van der Waals surface area contributed by atoms with Gasteiger partial charge in [0.1, 0.15) is 0 Å². The molecule has 0 heterocycles. The van der Waals surface area contributed by atoms with Crippen LogP contribution < -0.4 is 11.2 Å². The molecular weight excluding hydrogens is 154 g/mol. The van der Waals surface area contributed by atoms with Gasteiger partial charge in [-0.25, -0.2) is 10.2 Å². The first kappa shape index (κ1) is 7.58. The zero-order chi connectivity index (χ0) is 8.55. The molecule has 2 saturated carbocycles. The van der Waals surface area contributed by atoms with Gasteiger partial charge in [-0.05, 0) is 25.2 Å². The van der Waals surface area contributed by atoms with Crippen molar-refractivity contribution in [2.24, 2.45) is 22.7 Å². The first-order valence-corrected chi connectivity index (χ1v) is 4.39. The number of nitrogens with zero attached hydrogens (tertiary/aromatic N) is 1. The Morgan fingerprint density at radius 2 is 2.42 bits per heavy atom. The topological polar surface area (TPSA) is 67.5 Å². The Kier molecular flexibility index (Phi) is 1.75. The molecule has 2 aliphatic carbocycles. The normalized spacial score (nSPS) is 35.8. The van der Waals surface area contributed by atoms with E-state index >= 15 is 0 Å². The number of hydrazone groups is 1. The van der Waals surface area contributed by atoms with Gasteiger partial charge in [-0.15, -0.1) is 0 Å². The lowest BCUT2D eigenvalue weighted by Crippen LogP contribution is -2.36. The molecule has 4 heteroatoms. The van der Waals surface area contributed by atoms with E-state index in [1.807, 2.05) is 0 Å². The Balaban J connectivity index is 1.91. The molecule has 2 aliphatic rings. The number of fused-ring (bicyclic) bond motifs is 1. The number of rotatable bonds is 1. The van der Waals surface area contributed by atoms with E-state index in [9.17, 15) is 4.79 Å². The van der Waals surface area contributed by atoms with E-state index in [0.717, 1.165) is 18.1 Å². The number of carbonyl (C=O) groups excluding carboxylic acids is 1. The number of urea groups is 1. The van der Waals surface area contributed by atoms with Gasteiger partial charge in [-0.1, -0.05) is 6.42 Å². The van der Waals surface area contributed by atoms with Crippen LogP contribution in [0.2, 0.25) is 0 Å². The fourth-order valence-electron chi connectivity index (χ4n) is 2.23. The summed E-state index contributed by atoms with van der Waals surface area (Å²) in [5, 5.41) is 3.96. The van der Waals surface area contributed by atoms with E-state index < -0.39 is 6.03 Å². The van der Waals surface area contributed by atoms with Crippen LogP contribution in [0.1, 0.15) is 25.7 Å². The molecule has 4 nitrogen and oxygen atoms in total. The fourth-order valence-corrected chi connectivity index (χ4v) is 2.23. The van der Waals surface area contributed by atoms with Crippen LogP contribution in [0.4, 0.5) is 4.79 Å². The number of amides is 2. The number of nitrogens with one attached hydrogen (secondary N) is 1. The van der Waals surface area contributed by atoms with Gasteiger partial charge in [0.15, 0.2) is 0 Å². The van der Waals surface area contributed by atoms with E-state index in [2.05, 4.69) is 10.5 Å². The van der Waals surface area contributed by atoms with E-state index in [1.165, 1.54) is 19.3 Å². The van der Waals surface area contributed by atoms with Crippen LogP contribution in [0.15, 0.2) is 5.10 Å². The third-order valence-corrected chi connectivity index (χ3v) is 2.87. The van der Waals surface area contributed by atoms with Crippen LogP contribution in [0, 0.1) is 11.8 Å². The number of primary amides is 1. The minimum Gasteiger partial charge on any atom is -0.350 e. The van der Waals surface area contributed by atoms with E-state index in [1.54, 1.807) is 0 Å². The molecular formula is C8H13N3O. The number of hydrogen-bond acceptors (Lipinski definition) is 2. The molecule has 0 bridgehead atoms. The van der Waals surface area contributed by atoms with Crippen molar-refractivity contribution >= 4 is 11.7 Å². The summed E-state index contributed by atoms with van der Waals surface area (Å²) >= 11 is 0. The molecule has 0 aromatic rings. The summed E-state index contributed by atoms with van der Waals surface area (Å²) in [5.41, 5.74) is 8.32. The van der Waals surface area contributed by atoms with Crippen molar-refractivity contribution in [3.05, 3.63) is 0 Å². The average molecular weight is 167 g/mol. The lowest BCUT2D eigenvalue weighted by atomic mass is 9.74. The third kappa shape index (κ3) is 1.17.